The minimum Gasteiger partial charge on any atom is -0.368 e. The maximum absolute atomic E-state index is 10.4. The summed E-state index contributed by atoms with van der Waals surface area (Å²) >= 11 is 0. The molecule has 0 saturated heterocycles. The molecule has 0 saturated carbocycles. The highest BCUT2D eigenvalue weighted by Crippen LogP contribution is 2.22. The summed E-state index contributed by atoms with van der Waals surface area (Å²) < 4.78 is 19.1. The van der Waals surface area contributed by atoms with Crippen LogP contribution < -0.4 is 5.73 Å². The normalized spacial score (nSPS) is 10.8. The third-order valence-electron chi connectivity index (χ3n) is 0.677. The van der Waals surface area contributed by atoms with Gasteiger partial charge in [0.25, 0.3) is 0 Å². The van der Waals surface area contributed by atoms with Crippen LogP contribution in [0.3, 0.4) is 0 Å². The number of rotatable bonds is 3. The summed E-state index contributed by atoms with van der Waals surface area (Å²) in [5.41, 5.74) is 4.94. The zero-order chi connectivity index (χ0) is 8.15. The van der Waals surface area contributed by atoms with E-state index < -0.39 is 8.25 Å². The Morgan fingerprint density at radius 1 is 1.80 bits per heavy atom. The minimum atomic E-state index is -2.20. The third-order valence-corrected chi connectivity index (χ3v) is 1.35. The topological polar surface area (TPSA) is 88.6 Å². The van der Waals surface area contributed by atoms with Gasteiger partial charge in [-0.1, -0.05) is 0 Å². The molecule has 1 atom stereocenters. The van der Waals surface area contributed by atoms with Crippen LogP contribution in [0.15, 0.2) is 0 Å². The molecular formula is C3H9N3O3P+. The summed E-state index contributed by atoms with van der Waals surface area (Å²) in [5.74, 6) is -0.333. The van der Waals surface area contributed by atoms with E-state index in [9.17, 15) is 4.57 Å². The Hall–Kier alpha value is -0.710. The van der Waals surface area contributed by atoms with Gasteiger partial charge in [-0.2, -0.15) is 5.06 Å². The van der Waals surface area contributed by atoms with Crippen LogP contribution >= 0.6 is 8.25 Å². The van der Waals surface area contributed by atoms with Gasteiger partial charge in [0.05, 0.1) is 7.11 Å². The molecule has 1 unspecified atom stereocenters. The van der Waals surface area contributed by atoms with Crippen molar-refractivity contribution in [2.75, 3.05) is 14.2 Å². The van der Waals surface area contributed by atoms with Crippen LogP contribution in [0.1, 0.15) is 0 Å². The molecular weight excluding hydrogens is 157 g/mol. The lowest BCUT2D eigenvalue weighted by Gasteiger charge is -2.04. The average Bonchev–Trinajstić information content (AvgIpc) is 1.87. The van der Waals surface area contributed by atoms with Crippen molar-refractivity contribution in [2.45, 2.75) is 0 Å². The van der Waals surface area contributed by atoms with E-state index in [0.717, 1.165) is 5.06 Å². The summed E-state index contributed by atoms with van der Waals surface area (Å²) in [4.78, 5) is 0. The highest BCUT2D eigenvalue weighted by Gasteiger charge is 2.22. The van der Waals surface area contributed by atoms with E-state index >= 15 is 0 Å². The van der Waals surface area contributed by atoms with Crippen LogP contribution in [0.4, 0.5) is 0 Å². The number of nitrogens with two attached hydrogens (primary N) is 1. The molecule has 7 heteroatoms. The molecule has 0 aromatic heterocycles. The molecule has 0 aromatic carbocycles. The predicted octanol–water partition coefficient (Wildman–Crippen LogP) is 0.0471. The van der Waals surface area contributed by atoms with Gasteiger partial charge in [0.1, 0.15) is 0 Å². The van der Waals surface area contributed by atoms with E-state index in [0.29, 0.717) is 0 Å². The van der Waals surface area contributed by atoms with Crippen molar-refractivity contribution in [3.05, 3.63) is 0 Å². The molecule has 0 aliphatic heterocycles. The third kappa shape index (κ3) is 3.34. The number of hydrogen-bond donors (Lipinski definition) is 2. The Kier molecular flexibility index (Phi) is 3.87. The molecule has 0 aliphatic carbocycles. The molecule has 0 amide bonds. The van der Waals surface area contributed by atoms with Gasteiger partial charge in [-0.25, -0.2) is 0 Å². The summed E-state index contributed by atoms with van der Waals surface area (Å²) in [6.45, 7) is 0. The number of guanidine groups is 1. The van der Waals surface area contributed by atoms with Crippen molar-refractivity contribution in [3.8, 4) is 0 Å². The van der Waals surface area contributed by atoms with Gasteiger partial charge in [-0.3, -0.25) is 5.41 Å². The van der Waals surface area contributed by atoms with Gasteiger partial charge in [0.15, 0.2) is 0 Å². The SMILES string of the molecule is CO[P+](=O)ON(C)C(=N)N. The second-order valence-corrected chi connectivity index (χ2v) is 2.35. The van der Waals surface area contributed by atoms with Gasteiger partial charge in [0, 0.05) is 16.2 Å². The molecule has 0 aromatic rings. The number of hydrogen-bond acceptors (Lipinski definition) is 4. The maximum Gasteiger partial charge on any atom is 0.721 e. The quantitative estimate of drug-likeness (QED) is 0.267. The second-order valence-electron chi connectivity index (χ2n) is 1.37. The average molecular weight is 166 g/mol. The van der Waals surface area contributed by atoms with Gasteiger partial charge in [-0.05, 0) is 0 Å². The smallest absolute Gasteiger partial charge is 0.368 e. The number of nitrogens with one attached hydrogen (secondary N) is 1. The molecule has 0 spiro atoms. The van der Waals surface area contributed by atoms with Crippen LogP contribution in [-0.2, 0) is 13.7 Å². The highest BCUT2D eigenvalue weighted by molar-refractivity contribution is 7.33. The summed E-state index contributed by atoms with van der Waals surface area (Å²) in [6, 6.07) is 0. The summed E-state index contributed by atoms with van der Waals surface area (Å²) in [5, 5.41) is 7.61. The van der Waals surface area contributed by atoms with E-state index in [1.54, 1.807) is 0 Å². The summed E-state index contributed by atoms with van der Waals surface area (Å²) in [6.07, 6.45) is 0. The molecule has 0 heterocycles. The first-order valence-electron chi connectivity index (χ1n) is 2.35. The highest BCUT2D eigenvalue weighted by atomic mass is 31.1. The first kappa shape index (κ1) is 9.29. The lowest BCUT2D eigenvalue weighted by atomic mass is 11.0. The van der Waals surface area contributed by atoms with E-state index in [1.165, 1.54) is 14.2 Å². The molecule has 58 valence electrons. The molecule has 3 N–H and O–H groups in total. The van der Waals surface area contributed by atoms with Crippen LogP contribution in [0.25, 0.3) is 0 Å². The lowest BCUT2D eigenvalue weighted by Crippen LogP contribution is -2.30. The Bertz CT molecular complexity index is 150. The largest absolute Gasteiger partial charge is 0.721 e. The van der Waals surface area contributed by atoms with Crippen LogP contribution in [-0.4, -0.2) is 25.2 Å². The lowest BCUT2D eigenvalue weighted by molar-refractivity contribution is 0.0366. The molecule has 0 bridgehead atoms. The van der Waals surface area contributed by atoms with Gasteiger partial charge >= 0.3 is 8.25 Å². The van der Waals surface area contributed by atoms with Crippen LogP contribution in [0, 0.1) is 5.41 Å². The molecule has 0 radical (unpaired) electrons. The first-order valence-corrected chi connectivity index (χ1v) is 3.44. The van der Waals surface area contributed by atoms with Crippen molar-refractivity contribution in [2.24, 2.45) is 5.73 Å². The molecule has 0 rings (SSSR count). The van der Waals surface area contributed by atoms with Gasteiger partial charge in [0.2, 0.25) is 5.96 Å². The number of nitrogens with zero attached hydrogens (tertiary/aromatic N) is 1. The monoisotopic (exact) mass is 166 g/mol. The van der Waals surface area contributed by atoms with E-state index in [4.69, 9.17) is 11.1 Å². The Labute approximate surface area is 59.3 Å². The second kappa shape index (κ2) is 4.16. The first-order chi connectivity index (χ1) is 4.57. The summed E-state index contributed by atoms with van der Waals surface area (Å²) in [7, 11) is 0.389. The van der Waals surface area contributed by atoms with Crippen molar-refractivity contribution in [3.63, 3.8) is 0 Å². The van der Waals surface area contributed by atoms with Crippen molar-refractivity contribution in [1.82, 2.24) is 5.06 Å². The predicted molar refractivity (Wildman–Crippen MR) is 35.4 cm³/mol. The zero-order valence-corrected chi connectivity index (χ0v) is 6.59. The minimum absolute atomic E-state index is 0.333. The van der Waals surface area contributed by atoms with E-state index in [1.807, 2.05) is 0 Å². The fourth-order valence-corrected chi connectivity index (χ4v) is 0.532. The van der Waals surface area contributed by atoms with Gasteiger partial charge < -0.3 is 5.73 Å². The van der Waals surface area contributed by atoms with Crippen LogP contribution in [0.2, 0.25) is 0 Å². The van der Waals surface area contributed by atoms with Gasteiger partial charge in [-0.15, -0.1) is 4.52 Å². The Morgan fingerprint density at radius 3 is 2.60 bits per heavy atom. The zero-order valence-electron chi connectivity index (χ0n) is 5.70. The fourth-order valence-electron chi connectivity index (χ4n) is 0.177. The van der Waals surface area contributed by atoms with Crippen LogP contribution in [0.5, 0.6) is 0 Å². The van der Waals surface area contributed by atoms with Crippen molar-refractivity contribution in [1.29, 1.82) is 5.41 Å². The molecule has 6 nitrogen and oxygen atoms in total. The van der Waals surface area contributed by atoms with E-state index in [-0.39, 0.29) is 5.96 Å². The fraction of sp³-hybridized carbons (Fsp3) is 0.667. The van der Waals surface area contributed by atoms with Crippen molar-refractivity contribution >= 4 is 14.2 Å². The van der Waals surface area contributed by atoms with E-state index in [2.05, 4.69) is 9.15 Å². The Morgan fingerprint density at radius 2 is 2.30 bits per heavy atom. The molecule has 10 heavy (non-hydrogen) atoms. The molecule has 0 fully saturated rings. The standard InChI is InChI=1S/C3H9N3O3P/c1-6(3(4)5)9-10(7)8-2/h1-2H3,(H3,4,5)/q+1. The number of hydroxylamine groups is 2. The Balaban J connectivity index is 3.68. The maximum atomic E-state index is 10.4. The molecule has 0 aliphatic rings. The van der Waals surface area contributed by atoms with Crippen molar-refractivity contribution < 1.29 is 13.7 Å².